The van der Waals surface area contributed by atoms with Gasteiger partial charge < -0.3 is 15.8 Å². The van der Waals surface area contributed by atoms with Gasteiger partial charge in [0.2, 0.25) is 5.91 Å². The Balaban J connectivity index is 1.59. The number of ether oxygens (including phenoxy) is 1. The molecule has 3 rings (SSSR count). The van der Waals surface area contributed by atoms with Gasteiger partial charge in [-0.05, 0) is 36.3 Å². The van der Waals surface area contributed by atoms with Crippen LogP contribution in [-0.2, 0) is 22.5 Å². The van der Waals surface area contributed by atoms with E-state index in [2.05, 4.69) is 5.32 Å². The molecule has 0 aromatic heterocycles. The van der Waals surface area contributed by atoms with E-state index in [0.717, 1.165) is 24.2 Å². The molecule has 0 bridgehead atoms. The fourth-order valence-electron chi connectivity index (χ4n) is 3.02. The number of nitrogens with two attached hydrogens (primary N) is 1. The first-order chi connectivity index (χ1) is 9.78. The van der Waals surface area contributed by atoms with Crippen LogP contribution in [0, 0.1) is 5.92 Å². The van der Waals surface area contributed by atoms with E-state index in [-0.39, 0.29) is 18.1 Å². The van der Waals surface area contributed by atoms with Gasteiger partial charge in [0.1, 0.15) is 0 Å². The van der Waals surface area contributed by atoms with Crippen molar-refractivity contribution in [1.29, 1.82) is 0 Å². The third-order valence-corrected chi connectivity index (χ3v) is 4.26. The molecule has 2 unspecified atom stereocenters. The van der Waals surface area contributed by atoms with Crippen molar-refractivity contribution in [2.24, 2.45) is 11.7 Å². The van der Waals surface area contributed by atoms with Gasteiger partial charge in [0.05, 0.1) is 18.6 Å². The monoisotopic (exact) mass is 274 g/mol. The van der Waals surface area contributed by atoms with E-state index in [4.69, 9.17) is 10.5 Å². The van der Waals surface area contributed by atoms with Crippen LogP contribution in [0.15, 0.2) is 24.3 Å². The molecule has 1 aromatic rings. The molecule has 1 amide bonds. The molecule has 1 saturated carbocycles. The van der Waals surface area contributed by atoms with Crippen molar-refractivity contribution in [3.8, 4) is 0 Å². The highest BCUT2D eigenvalue weighted by Gasteiger charge is 2.41. The molecule has 1 aliphatic carbocycles. The lowest BCUT2D eigenvalue weighted by molar-refractivity contribution is -0.121. The zero-order chi connectivity index (χ0) is 13.9. The molecule has 0 spiro atoms. The summed E-state index contributed by atoms with van der Waals surface area (Å²) in [7, 11) is 0. The van der Waals surface area contributed by atoms with Crippen LogP contribution in [0.3, 0.4) is 0 Å². The van der Waals surface area contributed by atoms with E-state index in [1.807, 2.05) is 24.3 Å². The zero-order valence-electron chi connectivity index (χ0n) is 11.7. The first-order valence-electron chi connectivity index (χ1n) is 7.45. The molecule has 2 atom stereocenters. The number of nitrogens with one attached hydrogen (secondary N) is 1. The third-order valence-electron chi connectivity index (χ3n) is 4.26. The average Bonchev–Trinajstić information content (AvgIpc) is 3.20. The number of amides is 1. The van der Waals surface area contributed by atoms with Crippen LogP contribution in [0.1, 0.15) is 30.4 Å². The molecule has 1 saturated heterocycles. The largest absolute Gasteiger partial charge is 0.376 e. The average molecular weight is 274 g/mol. The van der Waals surface area contributed by atoms with Crippen LogP contribution in [0.2, 0.25) is 0 Å². The van der Waals surface area contributed by atoms with E-state index in [9.17, 15) is 4.79 Å². The van der Waals surface area contributed by atoms with Crippen LogP contribution in [0.5, 0.6) is 0 Å². The fourth-order valence-corrected chi connectivity index (χ4v) is 3.02. The molecule has 4 nitrogen and oxygen atoms in total. The summed E-state index contributed by atoms with van der Waals surface area (Å²) in [6.07, 6.45) is 4.07. The van der Waals surface area contributed by atoms with Crippen molar-refractivity contribution >= 4 is 5.91 Å². The summed E-state index contributed by atoms with van der Waals surface area (Å²) < 4.78 is 5.75. The van der Waals surface area contributed by atoms with Crippen LogP contribution in [0.25, 0.3) is 0 Å². The van der Waals surface area contributed by atoms with Crippen molar-refractivity contribution in [2.45, 2.75) is 44.4 Å². The minimum Gasteiger partial charge on any atom is -0.376 e. The van der Waals surface area contributed by atoms with Gasteiger partial charge in [-0.2, -0.15) is 0 Å². The van der Waals surface area contributed by atoms with E-state index in [0.29, 0.717) is 18.9 Å². The van der Waals surface area contributed by atoms with Crippen molar-refractivity contribution in [2.75, 3.05) is 6.61 Å². The molecule has 1 aliphatic heterocycles. The van der Waals surface area contributed by atoms with Crippen LogP contribution in [0.4, 0.5) is 0 Å². The Kier molecular flexibility index (Phi) is 4.03. The Labute approximate surface area is 119 Å². The lowest BCUT2D eigenvalue weighted by atomic mass is 10.0. The van der Waals surface area contributed by atoms with E-state index >= 15 is 0 Å². The minimum atomic E-state index is 0.0760. The first kappa shape index (κ1) is 13.6. The second-order valence-electron chi connectivity index (χ2n) is 5.79. The van der Waals surface area contributed by atoms with Gasteiger partial charge in [-0.3, -0.25) is 4.79 Å². The van der Waals surface area contributed by atoms with Gasteiger partial charge in [0, 0.05) is 13.2 Å². The van der Waals surface area contributed by atoms with Gasteiger partial charge in [-0.1, -0.05) is 24.3 Å². The molecule has 1 aromatic carbocycles. The highest BCUT2D eigenvalue weighted by molar-refractivity contribution is 5.79. The van der Waals surface area contributed by atoms with Crippen molar-refractivity contribution < 1.29 is 9.53 Å². The van der Waals surface area contributed by atoms with Gasteiger partial charge in [-0.25, -0.2) is 0 Å². The number of rotatable bonds is 5. The van der Waals surface area contributed by atoms with Crippen molar-refractivity contribution in [3.63, 3.8) is 0 Å². The highest BCUT2D eigenvalue weighted by atomic mass is 16.5. The molecule has 2 aliphatic rings. The Morgan fingerprint density at radius 2 is 2.00 bits per heavy atom. The number of hydrogen-bond acceptors (Lipinski definition) is 3. The predicted molar refractivity (Wildman–Crippen MR) is 77.0 cm³/mol. The topological polar surface area (TPSA) is 64.4 Å². The lowest BCUT2D eigenvalue weighted by Crippen LogP contribution is -2.42. The van der Waals surface area contributed by atoms with Crippen molar-refractivity contribution in [1.82, 2.24) is 5.32 Å². The maximum atomic E-state index is 12.2. The van der Waals surface area contributed by atoms with Gasteiger partial charge in [-0.15, -0.1) is 0 Å². The van der Waals surface area contributed by atoms with Gasteiger partial charge in [0.25, 0.3) is 0 Å². The molecule has 0 radical (unpaired) electrons. The molecular formula is C16H22N2O2. The van der Waals surface area contributed by atoms with Crippen LogP contribution in [-0.4, -0.2) is 24.7 Å². The summed E-state index contributed by atoms with van der Waals surface area (Å²) in [5, 5.41) is 3.15. The number of carbonyl (C=O) groups excluding carboxylic acids is 1. The lowest BCUT2D eigenvalue weighted by Gasteiger charge is -2.19. The normalized spacial score (nSPS) is 25.6. The summed E-state index contributed by atoms with van der Waals surface area (Å²) in [4.78, 5) is 12.2. The van der Waals surface area contributed by atoms with E-state index < -0.39 is 0 Å². The summed E-state index contributed by atoms with van der Waals surface area (Å²) in [5.74, 6) is 0.742. The summed E-state index contributed by atoms with van der Waals surface area (Å²) in [6.45, 7) is 1.24. The SMILES string of the molecule is NCc1ccccc1CC(=O)NC1CCOC1C1CC1. The van der Waals surface area contributed by atoms with Crippen LogP contribution >= 0.6 is 0 Å². The maximum absolute atomic E-state index is 12.2. The number of hydrogen-bond donors (Lipinski definition) is 2. The van der Waals surface area contributed by atoms with Gasteiger partial charge in [0.15, 0.2) is 0 Å². The minimum absolute atomic E-state index is 0.0760. The first-order valence-corrected chi connectivity index (χ1v) is 7.45. The maximum Gasteiger partial charge on any atom is 0.224 e. The number of carbonyl (C=O) groups is 1. The Morgan fingerprint density at radius 3 is 2.70 bits per heavy atom. The standard InChI is InChI=1S/C16H22N2O2/c17-10-13-4-2-1-3-12(13)9-15(19)18-14-7-8-20-16(14)11-5-6-11/h1-4,11,14,16H,5-10,17H2,(H,18,19). The summed E-state index contributed by atoms with van der Waals surface area (Å²) in [6, 6.07) is 8.06. The second-order valence-corrected chi connectivity index (χ2v) is 5.79. The Hall–Kier alpha value is -1.39. The quantitative estimate of drug-likeness (QED) is 0.852. The summed E-state index contributed by atoms with van der Waals surface area (Å²) >= 11 is 0. The smallest absolute Gasteiger partial charge is 0.224 e. The molecule has 108 valence electrons. The van der Waals surface area contributed by atoms with E-state index in [1.54, 1.807) is 0 Å². The molecule has 20 heavy (non-hydrogen) atoms. The number of benzene rings is 1. The van der Waals surface area contributed by atoms with E-state index in [1.165, 1.54) is 12.8 Å². The highest BCUT2D eigenvalue weighted by Crippen LogP contribution is 2.38. The molecule has 4 heteroatoms. The molecular weight excluding hydrogens is 252 g/mol. The molecule has 2 fully saturated rings. The Morgan fingerprint density at radius 1 is 1.25 bits per heavy atom. The third kappa shape index (κ3) is 3.02. The Bertz CT molecular complexity index is 485. The molecule has 1 heterocycles. The van der Waals surface area contributed by atoms with Gasteiger partial charge >= 0.3 is 0 Å². The summed E-state index contributed by atoms with van der Waals surface area (Å²) in [5.41, 5.74) is 7.78. The predicted octanol–water partition coefficient (Wildman–Crippen LogP) is 1.37. The van der Waals surface area contributed by atoms with Crippen LogP contribution < -0.4 is 11.1 Å². The zero-order valence-corrected chi connectivity index (χ0v) is 11.7. The molecule has 3 N–H and O–H groups in total. The fraction of sp³-hybridized carbons (Fsp3) is 0.562. The second kappa shape index (κ2) is 5.94. The van der Waals surface area contributed by atoms with Crippen molar-refractivity contribution in [3.05, 3.63) is 35.4 Å².